The molecule has 5 aromatic rings. The molecule has 0 saturated heterocycles. The Bertz CT molecular complexity index is 1400. The maximum atomic E-state index is 12.7. The zero-order valence-corrected chi connectivity index (χ0v) is 16.1. The number of carbonyl (C=O) groups is 2. The smallest absolute Gasteiger partial charge is 0.339 e. The summed E-state index contributed by atoms with van der Waals surface area (Å²) in [5.74, 6) is -1.53. The highest BCUT2D eigenvalue weighted by Gasteiger charge is 2.23. The van der Waals surface area contributed by atoms with Gasteiger partial charge in [0.25, 0.3) is 5.91 Å². The number of hydrogen-bond donors (Lipinski definition) is 2. The molecule has 7 nitrogen and oxygen atoms in total. The van der Waals surface area contributed by atoms with Gasteiger partial charge in [-0.3, -0.25) is 14.8 Å². The van der Waals surface area contributed by atoms with Gasteiger partial charge in [0.15, 0.2) is 5.76 Å². The SMILES string of the molecule is O=C(Nc1scc(-c2ccc3nccnc3c2)c1C(=O)O)c1cc2ccccc2o1. The first-order valence-electron chi connectivity index (χ1n) is 8.96. The van der Waals surface area contributed by atoms with Crippen LogP contribution in [0.5, 0.6) is 0 Å². The van der Waals surface area contributed by atoms with Crippen molar-refractivity contribution in [2.75, 3.05) is 5.32 Å². The third-order valence-electron chi connectivity index (χ3n) is 4.66. The lowest BCUT2D eigenvalue weighted by Crippen LogP contribution is -2.12. The highest BCUT2D eigenvalue weighted by molar-refractivity contribution is 7.15. The third kappa shape index (κ3) is 3.09. The van der Waals surface area contributed by atoms with Gasteiger partial charge in [0.2, 0.25) is 0 Å². The predicted molar refractivity (Wildman–Crippen MR) is 114 cm³/mol. The van der Waals surface area contributed by atoms with Crippen LogP contribution in [0.1, 0.15) is 20.9 Å². The summed E-state index contributed by atoms with van der Waals surface area (Å²) in [4.78, 5) is 33.2. The Morgan fingerprint density at radius 3 is 2.60 bits per heavy atom. The summed E-state index contributed by atoms with van der Waals surface area (Å²) < 4.78 is 5.57. The molecule has 2 aromatic carbocycles. The fraction of sp³-hybridized carbons (Fsp3) is 0. The van der Waals surface area contributed by atoms with Gasteiger partial charge in [-0.1, -0.05) is 24.3 Å². The Morgan fingerprint density at radius 1 is 1.00 bits per heavy atom. The monoisotopic (exact) mass is 415 g/mol. The number of aromatic carboxylic acids is 1. The van der Waals surface area contributed by atoms with Crippen LogP contribution < -0.4 is 5.32 Å². The van der Waals surface area contributed by atoms with Gasteiger partial charge in [0.05, 0.1) is 11.0 Å². The first kappa shape index (κ1) is 18.0. The summed E-state index contributed by atoms with van der Waals surface area (Å²) in [5.41, 5.74) is 3.16. The van der Waals surface area contributed by atoms with Crippen LogP contribution in [0.4, 0.5) is 5.00 Å². The van der Waals surface area contributed by atoms with E-state index >= 15 is 0 Å². The lowest BCUT2D eigenvalue weighted by molar-refractivity contribution is 0.0699. The number of amides is 1. The second kappa shape index (κ2) is 7.09. The van der Waals surface area contributed by atoms with Crippen molar-refractivity contribution in [3.8, 4) is 11.1 Å². The molecule has 0 atom stereocenters. The standard InChI is InChI=1S/C22H13N3O4S/c26-20(18-10-13-3-1-2-4-17(13)29-18)25-21-19(22(27)28)14(11-30-21)12-5-6-15-16(9-12)24-8-7-23-15/h1-11H,(H,25,26)(H,27,28). The topological polar surface area (TPSA) is 105 Å². The second-order valence-corrected chi connectivity index (χ2v) is 7.40. The minimum atomic E-state index is -1.13. The van der Waals surface area contributed by atoms with Crippen LogP contribution in [0.3, 0.4) is 0 Å². The van der Waals surface area contributed by atoms with Crippen molar-refractivity contribution in [1.82, 2.24) is 9.97 Å². The molecule has 1 amide bonds. The summed E-state index contributed by atoms with van der Waals surface area (Å²) in [5, 5.41) is 15.2. The van der Waals surface area contributed by atoms with Gasteiger partial charge in [-0.15, -0.1) is 11.3 Å². The number of benzene rings is 2. The van der Waals surface area contributed by atoms with Crippen LogP contribution >= 0.6 is 11.3 Å². The van der Waals surface area contributed by atoms with Gasteiger partial charge in [-0.05, 0) is 29.8 Å². The number of aromatic nitrogens is 2. The molecule has 0 fully saturated rings. The first-order chi connectivity index (χ1) is 14.6. The van der Waals surface area contributed by atoms with Gasteiger partial charge in [0.1, 0.15) is 16.1 Å². The number of carboxylic acid groups (broad SMARTS) is 1. The molecule has 0 spiro atoms. The zero-order chi connectivity index (χ0) is 20.7. The van der Waals surface area contributed by atoms with Crippen LogP contribution in [-0.2, 0) is 0 Å². The first-order valence-corrected chi connectivity index (χ1v) is 9.84. The molecule has 0 saturated carbocycles. The van der Waals surface area contributed by atoms with Crippen molar-refractivity contribution in [2.45, 2.75) is 0 Å². The summed E-state index contributed by atoms with van der Waals surface area (Å²) in [6.45, 7) is 0. The van der Waals surface area contributed by atoms with Gasteiger partial charge < -0.3 is 14.8 Å². The van der Waals surface area contributed by atoms with E-state index in [0.717, 1.165) is 16.7 Å². The average molecular weight is 415 g/mol. The molecule has 3 aromatic heterocycles. The Morgan fingerprint density at radius 2 is 1.80 bits per heavy atom. The van der Waals surface area contributed by atoms with E-state index in [9.17, 15) is 14.7 Å². The number of carbonyl (C=O) groups excluding carboxylic acids is 1. The van der Waals surface area contributed by atoms with Crippen molar-refractivity contribution in [2.24, 2.45) is 0 Å². The van der Waals surface area contributed by atoms with E-state index in [1.54, 1.807) is 48.1 Å². The summed E-state index contributed by atoms with van der Waals surface area (Å²) >= 11 is 1.14. The lowest BCUT2D eigenvalue weighted by Gasteiger charge is -2.05. The van der Waals surface area contributed by atoms with Crippen molar-refractivity contribution < 1.29 is 19.1 Å². The summed E-state index contributed by atoms with van der Waals surface area (Å²) in [6.07, 6.45) is 3.18. The van der Waals surface area contributed by atoms with E-state index in [0.29, 0.717) is 27.7 Å². The normalized spacial score (nSPS) is 11.1. The lowest BCUT2D eigenvalue weighted by atomic mass is 10.0. The highest BCUT2D eigenvalue weighted by atomic mass is 32.1. The van der Waals surface area contributed by atoms with Gasteiger partial charge in [-0.25, -0.2) is 4.79 Å². The molecule has 0 bridgehead atoms. The predicted octanol–water partition coefficient (Wildman–Crippen LogP) is 5.06. The van der Waals surface area contributed by atoms with Gasteiger partial charge in [0, 0.05) is 28.7 Å². The number of nitrogens with zero attached hydrogens (tertiary/aromatic N) is 2. The fourth-order valence-corrected chi connectivity index (χ4v) is 4.22. The van der Waals surface area contributed by atoms with E-state index in [-0.39, 0.29) is 16.3 Å². The molecule has 0 unspecified atom stereocenters. The Labute approximate surface area is 173 Å². The van der Waals surface area contributed by atoms with E-state index in [1.165, 1.54) is 0 Å². The van der Waals surface area contributed by atoms with Crippen LogP contribution in [0.15, 0.2) is 70.7 Å². The minimum absolute atomic E-state index is 0.0210. The Balaban J connectivity index is 1.52. The van der Waals surface area contributed by atoms with Gasteiger partial charge >= 0.3 is 5.97 Å². The minimum Gasteiger partial charge on any atom is -0.478 e. The fourth-order valence-electron chi connectivity index (χ4n) is 3.26. The summed E-state index contributed by atoms with van der Waals surface area (Å²) in [7, 11) is 0. The van der Waals surface area contributed by atoms with Crippen molar-refractivity contribution in [3.63, 3.8) is 0 Å². The highest BCUT2D eigenvalue weighted by Crippen LogP contribution is 2.36. The quantitative estimate of drug-likeness (QED) is 0.425. The number of thiophene rings is 1. The van der Waals surface area contributed by atoms with Crippen LogP contribution in [0, 0.1) is 0 Å². The van der Waals surface area contributed by atoms with Crippen molar-refractivity contribution in [3.05, 3.63) is 77.6 Å². The van der Waals surface area contributed by atoms with E-state index in [2.05, 4.69) is 15.3 Å². The molecule has 0 aliphatic carbocycles. The molecule has 8 heteroatoms. The number of rotatable bonds is 4. The molecule has 5 rings (SSSR count). The number of carboxylic acids is 1. The molecular weight excluding hydrogens is 402 g/mol. The largest absolute Gasteiger partial charge is 0.478 e. The van der Waals surface area contributed by atoms with Crippen molar-refractivity contribution >= 4 is 50.2 Å². The number of hydrogen-bond acceptors (Lipinski definition) is 6. The number of fused-ring (bicyclic) bond motifs is 2. The van der Waals surface area contributed by atoms with Crippen LogP contribution in [-0.4, -0.2) is 27.0 Å². The molecule has 146 valence electrons. The van der Waals surface area contributed by atoms with E-state index < -0.39 is 11.9 Å². The van der Waals surface area contributed by atoms with Crippen molar-refractivity contribution in [1.29, 1.82) is 0 Å². The number of para-hydroxylation sites is 1. The Kier molecular flexibility index (Phi) is 4.26. The van der Waals surface area contributed by atoms with E-state index in [4.69, 9.17) is 4.42 Å². The van der Waals surface area contributed by atoms with E-state index in [1.807, 2.05) is 18.2 Å². The average Bonchev–Trinajstić information content (AvgIpc) is 3.37. The Hall–Kier alpha value is -4.04. The number of nitrogens with one attached hydrogen (secondary N) is 1. The van der Waals surface area contributed by atoms with Crippen LogP contribution in [0.2, 0.25) is 0 Å². The molecule has 30 heavy (non-hydrogen) atoms. The molecule has 0 aliphatic heterocycles. The van der Waals surface area contributed by atoms with Crippen LogP contribution in [0.25, 0.3) is 33.1 Å². The molecule has 0 radical (unpaired) electrons. The number of anilines is 1. The molecule has 3 heterocycles. The van der Waals surface area contributed by atoms with Gasteiger partial charge in [-0.2, -0.15) is 0 Å². The molecule has 0 aliphatic rings. The maximum Gasteiger partial charge on any atom is 0.339 e. The molecular formula is C22H13N3O4S. The number of furan rings is 1. The summed E-state index contributed by atoms with van der Waals surface area (Å²) in [6, 6.07) is 14.2. The second-order valence-electron chi connectivity index (χ2n) is 6.52. The zero-order valence-electron chi connectivity index (χ0n) is 15.3. The maximum absolute atomic E-state index is 12.7. The third-order valence-corrected chi connectivity index (χ3v) is 5.56. The molecule has 2 N–H and O–H groups in total.